The van der Waals surface area contributed by atoms with Crippen LogP contribution in [0.2, 0.25) is 0 Å². The summed E-state index contributed by atoms with van der Waals surface area (Å²) in [5.74, 6) is 0. The summed E-state index contributed by atoms with van der Waals surface area (Å²) in [6, 6.07) is 16.7. The quantitative estimate of drug-likeness (QED) is 0.0898. The highest BCUT2D eigenvalue weighted by atomic mass is 32.2. The molecule has 0 saturated heterocycles. The monoisotopic (exact) mass is 778 g/mol. The molecule has 0 saturated carbocycles. The molecular formula is C33H30N8O9S3. The van der Waals surface area contributed by atoms with Crippen molar-refractivity contribution in [1.82, 2.24) is 0 Å². The second kappa shape index (κ2) is 14.8. The molecule has 0 aliphatic heterocycles. The van der Waals surface area contributed by atoms with Crippen molar-refractivity contribution in [3.63, 3.8) is 0 Å². The summed E-state index contributed by atoms with van der Waals surface area (Å²) in [6.07, 6.45) is 0. The van der Waals surface area contributed by atoms with Crippen LogP contribution >= 0.6 is 0 Å². The number of nitrogens with zero attached hydrogens (tertiary/aromatic N) is 8. The third-order valence-corrected chi connectivity index (χ3v) is 10.3. The van der Waals surface area contributed by atoms with Gasteiger partial charge in [-0.15, -0.1) is 5.11 Å². The molecule has 0 spiro atoms. The van der Waals surface area contributed by atoms with Crippen LogP contribution in [0.25, 0.3) is 10.8 Å². The van der Waals surface area contributed by atoms with E-state index in [9.17, 15) is 38.9 Å². The number of fused-ring (bicyclic) bond motifs is 1. The molecule has 17 nitrogen and oxygen atoms in total. The van der Waals surface area contributed by atoms with E-state index in [0.717, 1.165) is 40.6 Å². The van der Waals surface area contributed by atoms with Gasteiger partial charge in [-0.25, -0.2) is 0 Å². The summed E-state index contributed by atoms with van der Waals surface area (Å²) in [6.45, 7) is 7.35. The van der Waals surface area contributed by atoms with Crippen LogP contribution in [0.3, 0.4) is 0 Å². The Hall–Kier alpha value is -5.51. The molecule has 0 heterocycles. The van der Waals surface area contributed by atoms with Crippen molar-refractivity contribution >= 4 is 80.9 Å². The van der Waals surface area contributed by atoms with Gasteiger partial charge < -0.3 is 0 Å². The second-order valence-electron chi connectivity index (χ2n) is 11.7. The van der Waals surface area contributed by atoms with E-state index in [0.29, 0.717) is 34.4 Å². The molecule has 20 heteroatoms. The van der Waals surface area contributed by atoms with Crippen molar-refractivity contribution < 1.29 is 38.9 Å². The molecule has 5 aromatic rings. The Kier molecular flexibility index (Phi) is 10.8. The standard InChI is InChI=1S/C33H30N8O9S3/c1-18-10-24(36-40-30-13-20(3)29(37-34-5)12-21(30)4)6-8-27(18)38-35-23-7-9-28(19(2)11-23)39-41-31-17-26-22(15-33(31)53(48,49)50)14-25(51(42,43)44)16-32(26)52(45,46)47/h6-17H,1-5H3,(H,42,43,44)(H,45,46,47)(H,48,49,50). The van der Waals surface area contributed by atoms with E-state index in [1.165, 1.54) is 6.07 Å². The molecule has 0 fully saturated rings. The Morgan fingerprint density at radius 3 is 1.36 bits per heavy atom. The molecule has 0 atom stereocenters. The Morgan fingerprint density at radius 1 is 0.434 bits per heavy atom. The maximum atomic E-state index is 12.2. The maximum absolute atomic E-state index is 12.2. The highest BCUT2D eigenvalue weighted by Gasteiger charge is 2.24. The van der Waals surface area contributed by atoms with Crippen molar-refractivity contribution in [3.8, 4) is 0 Å². The molecule has 5 aromatic carbocycles. The molecule has 53 heavy (non-hydrogen) atoms. The fraction of sp³-hybridized carbons (Fsp3) is 0.152. The first-order chi connectivity index (χ1) is 24.7. The summed E-state index contributed by atoms with van der Waals surface area (Å²) in [7, 11) is -13.5. The lowest BCUT2D eigenvalue weighted by Crippen LogP contribution is -2.05. The zero-order chi connectivity index (χ0) is 38.9. The van der Waals surface area contributed by atoms with Crippen LogP contribution in [0, 0.1) is 27.7 Å². The average Bonchev–Trinajstić information content (AvgIpc) is 3.06. The number of hydrogen-bond acceptors (Lipinski definition) is 14. The summed E-state index contributed by atoms with van der Waals surface area (Å²) in [5, 5.41) is 32.5. The van der Waals surface area contributed by atoms with Gasteiger partial charge in [-0.2, -0.15) is 61.1 Å². The van der Waals surface area contributed by atoms with Crippen LogP contribution in [0.5, 0.6) is 0 Å². The molecule has 0 aliphatic carbocycles. The fourth-order valence-corrected chi connectivity index (χ4v) is 7.02. The Morgan fingerprint density at radius 2 is 0.887 bits per heavy atom. The average molecular weight is 779 g/mol. The fourth-order valence-electron chi connectivity index (χ4n) is 5.03. The lowest BCUT2D eigenvalue weighted by Gasteiger charge is -2.10. The minimum Gasteiger partial charge on any atom is -0.282 e. The summed E-state index contributed by atoms with van der Waals surface area (Å²) in [4.78, 5) is -2.76. The van der Waals surface area contributed by atoms with Crippen molar-refractivity contribution in [1.29, 1.82) is 0 Å². The lowest BCUT2D eigenvalue weighted by atomic mass is 10.1. The van der Waals surface area contributed by atoms with Gasteiger partial charge in [0, 0.05) is 12.4 Å². The van der Waals surface area contributed by atoms with Crippen molar-refractivity contribution in [2.75, 3.05) is 7.05 Å². The van der Waals surface area contributed by atoms with Crippen molar-refractivity contribution in [2.24, 2.45) is 40.9 Å². The number of azo groups is 4. The van der Waals surface area contributed by atoms with E-state index < -0.39 is 50.7 Å². The van der Waals surface area contributed by atoms with E-state index in [4.69, 9.17) is 0 Å². The van der Waals surface area contributed by atoms with Gasteiger partial charge in [0.1, 0.15) is 15.5 Å². The van der Waals surface area contributed by atoms with Crippen LogP contribution in [-0.4, -0.2) is 46.0 Å². The SMILES string of the molecule is CN=Nc1cc(C)c(N=Nc2ccc(N=Nc3ccc(N=Nc4cc5c(S(=O)(=O)O)cc(S(=O)(=O)O)cc5cc4S(=O)(=O)O)c(C)c3)c(C)c2)cc1C. The Balaban J connectivity index is 1.40. The zero-order valence-corrected chi connectivity index (χ0v) is 31.0. The highest BCUT2D eigenvalue weighted by molar-refractivity contribution is 7.87. The largest absolute Gasteiger partial charge is 0.296 e. The molecule has 0 amide bonds. The summed E-state index contributed by atoms with van der Waals surface area (Å²) >= 11 is 0. The van der Waals surface area contributed by atoms with Crippen molar-refractivity contribution in [3.05, 3.63) is 95.1 Å². The van der Waals surface area contributed by atoms with Gasteiger partial charge in [0.25, 0.3) is 30.4 Å². The van der Waals surface area contributed by atoms with Crippen LogP contribution in [0.15, 0.2) is 128 Å². The van der Waals surface area contributed by atoms with Crippen molar-refractivity contribution in [2.45, 2.75) is 42.4 Å². The Bertz CT molecular complexity index is 2770. The van der Waals surface area contributed by atoms with Crippen LogP contribution in [-0.2, 0) is 30.4 Å². The van der Waals surface area contributed by atoms with Gasteiger partial charge in [-0.05, 0) is 128 Å². The van der Waals surface area contributed by atoms with Crippen LogP contribution in [0.4, 0.5) is 39.8 Å². The first kappa shape index (κ1) is 38.7. The molecule has 5 rings (SSSR count). The van der Waals surface area contributed by atoms with Gasteiger partial charge in [0.05, 0.1) is 39.0 Å². The minimum atomic E-state index is -5.10. The molecule has 3 N–H and O–H groups in total. The number of aryl methyl sites for hydroxylation is 4. The van der Waals surface area contributed by atoms with Gasteiger partial charge in [0.15, 0.2) is 0 Å². The molecule has 274 valence electrons. The second-order valence-corrected chi connectivity index (χ2v) is 15.9. The predicted molar refractivity (Wildman–Crippen MR) is 195 cm³/mol. The molecule has 0 radical (unpaired) electrons. The van der Waals surface area contributed by atoms with E-state index in [2.05, 4.69) is 40.9 Å². The van der Waals surface area contributed by atoms with E-state index >= 15 is 0 Å². The summed E-state index contributed by atoms with van der Waals surface area (Å²) in [5.41, 5.74) is 5.94. The number of hydrogen-bond donors (Lipinski definition) is 3. The van der Waals surface area contributed by atoms with E-state index in [1.54, 1.807) is 38.2 Å². The maximum Gasteiger partial charge on any atom is 0.296 e. The first-order valence-electron chi connectivity index (χ1n) is 15.2. The van der Waals surface area contributed by atoms with Gasteiger partial charge >= 0.3 is 0 Å². The van der Waals surface area contributed by atoms with Crippen LogP contribution in [0.1, 0.15) is 22.3 Å². The topological polar surface area (TPSA) is 262 Å². The molecule has 0 aromatic heterocycles. The smallest absolute Gasteiger partial charge is 0.282 e. The third kappa shape index (κ3) is 9.11. The summed E-state index contributed by atoms with van der Waals surface area (Å²) < 4.78 is 101. The number of benzene rings is 5. The highest BCUT2D eigenvalue weighted by Crippen LogP contribution is 2.37. The van der Waals surface area contributed by atoms with Gasteiger partial charge in [-0.3, -0.25) is 13.7 Å². The lowest BCUT2D eigenvalue weighted by molar-refractivity contribution is 0.480. The van der Waals surface area contributed by atoms with Gasteiger partial charge in [-0.1, -0.05) is 0 Å². The van der Waals surface area contributed by atoms with Gasteiger partial charge in [0.2, 0.25) is 0 Å². The number of rotatable bonds is 10. The molecular weight excluding hydrogens is 749 g/mol. The normalized spacial score (nSPS) is 13.1. The molecule has 0 bridgehead atoms. The zero-order valence-electron chi connectivity index (χ0n) is 28.5. The van der Waals surface area contributed by atoms with E-state index in [1.807, 2.05) is 39.0 Å². The molecule has 0 aliphatic rings. The third-order valence-electron chi connectivity index (χ3n) is 7.72. The Labute approximate surface area is 304 Å². The molecule has 0 unspecified atom stereocenters. The van der Waals surface area contributed by atoms with E-state index in [-0.39, 0.29) is 16.5 Å². The predicted octanol–water partition coefficient (Wildman–Crippen LogP) is 9.77. The minimum absolute atomic E-state index is 0.239. The van der Waals surface area contributed by atoms with Crippen LogP contribution < -0.4 is 0 Å². The first-order valence-corrected chi connectivity index (χ1v) is 19.5.